The molecule has 2 rings (SSSR count). The number of anilines is 1. The van der Waals surface area contributed by atoms with Gasteiger partial charge in [0.25, 0.3) is 5.19 Å². The molecule has 78 valence electrons. The van der Waals surface area contributed by atoms with Crippen LogP contribution in [0, 0.1) is 13.8 Å². The average Bonchev–Trinajstić information content (AvgIpc) is 2.58. The Morgan fingerprint density at radius 2 is 2.07 bits per heavy atom. The minimum Gasteiger partial charge on any atom is -0.429 e. The molecule has 0 aliphatic carbocycles. The van der Waals surface area contributed by atoms with Crippen molar-refractivity contribution in [2.24, 2.45) is 0 Å². The van der Waals surface area contributed by atoms with Gasteiger partial charge in [0.05, 0.1) is 0 Å². The predicted octanol–water partition coefficient (Wildman–Crippen LogP) is 2.53. The molecule has 0 bridgehead atoms. The van der Waals surface area contributed by atoms with E-state index >= 15 is 0 Å². The van der Waals surface area contributed by atoms with E-state index in [4.69, 9.17) is 10.5 Å². The van der Waals surface area contributed by atoms with E-state index < -0.39 is 0 Å². The molecule has 15 heavy (non-hydrogen) atoms. The monoisotopic (exact) mass is 221 g/mol. The summed E-state index contributed by atoms with van der Waals surface area (Å²) < 4.78 is 5.58. The van der Waals surface area contributed by atoms with Gasteiger partial charge >= 0.3 is 0 Å². The van der Waals surface area contributed by atoms with E-state index in [1.165, 1.54) is 11.3 Å². The van der Waals surface area contributed by atoms with Crippen molar-refractivity contribution in [2.75, 3.05) is 5.73 Å². The first-order valence-electron chi connectivity index (χ1n) is 4.49. The van der Waals surface area contributed by atoms with Crippen molar-refractivity contribution in [3.63, 3.8) is 0 Å². The van der Waals surface area contributed by atoms with E-state index in [9.17, 15) is 0 Å². The molecular formula is C10H11N3OS. The van der Waals surface area contributed by atoms with Crippen molar-refractivity contribution < 1.29 is 4.74 Å². The number of ether oxygens (including phenoxy) is 1. The van der Waals surface area contributed by atoms with Gasteiger partial charge in [-0.1, -0.05) is 22.5 Å². The average molecular weight is 221 g/mol. The predicted molar refractivity (Wildman–Crippen MR) is 60.3 cm³/mol. The zero-order valence-electron chi connectivity index (χ0n) is 8.52. The first-order valence-corrected chi connectivity index (χ1v) is 5.31. The van der Waals surface area contributed by atoms with Crippen LogP contribution in [0.3, 0.4) is 0 Å². The highest BCUT2D eigenvalue weighted by molar-refractivity contribution is 7.13. The number of aromatic nitrogens is 2. The summed E-state index contributed by atoms with van der Waals surface area (Å²) in [5.74, 6) is 0.728. The second-order valence-corrected chi connectivity index (χ2v) is 4.36. The molecule has 2 aromatic rings. The van der Waals surface area contributed by atoms with E-state index in [1.807, 2.05) is 26.0 Å². The van der Waals surface area contributed by atoms with Gasteiger partial charge in [0.2, 0.25) is 0 Å². The molecule has 0 aliphatic rings. The van der Waals surface area contributed by atoms with E-state index in [-0.39, 0.29) is 0 Å². The Balaban J connectivity index is 2.27. The Morgan fingerprint density at radius 3 is 2.73 bits per heavy atom. The van der Waals surface area contributed by atoms with E-state index in [2.05, 4.69) is 10.2 Å². The molecule has 5 heteroatoms. The highest BCUT2D eigenvalue weighted by Gasteiger charge is 2.05. The maximum atomic E-state index is 5.67. The second kappa shape index (κ2) is 3.86. The van der Waals surface area contributed by atoms with E-state index in [0.717, 1.165) is 16.3 Å². The maximum Gasteiger partial charge on any atom is 0.299 e. The molecule has 1 aromatic heterocycles. The van der Waals surface area contributed by atoms with Crippen LogP contribution in [0.5, 0.6) is 10.9 Å². The lowest BCUT2D eigenvalue weighted by molar-refractivity contribution is 0.470. The fourth-order valence-corrected chi connectivity index (χ4v) is 1.69. The minimum absolute atomic E-state index is 0.543. The van der Waals surface area contributed by atoms with Crippen molar-refractivity contribution in [3.05, 3.63) is 28.8 Å². The number of nitrogens with zero attached hydrogens (tertiary/aromatic N) is 2. The molecule has 0 saturated heterocycles. The largest absolute Gasteiger partial charge is 0.429 e. The van der Waals surface area contributed by atoms with Gasteiger partial charge < -0.3 is 10.5 Å². The summed E-state index contributed by atoms with van der Waals surface area (Å²) in [6.45, 7) is 3.85. The van der Waals surface area contributed by atoms with Crippen LogP contribution in [0.15, 0.2) is 18.2 Å². The molecule has 0 unspecified atom stereocenters. The molecule has 0 fully saturated rings. The van der Waals surface area contributed by atoms with Gasteiger partial charge in [-0.25, -0.2) is 0 Å². The van der Waals surface area contributed by atoms with Gasteiger partial charge in [0, 0.05) is 11.8 Å². The fourth-order valence-electron chi connectivity index (χ4n) is 1.14. The quantitative estimate of drug-likeness (QED) is 0.791. The number of benzene rings is 1. The van der Waals surface area contributed by atoms with E-state index in [1.54, 1.807) is 6.07 Å². The second-order valence-electron chi connectivity index (χ2n) is 3.21. The smallest absolute Gasteiger partial charge is 0.299 e. The van der Waals surface area contributed by atoms with Crippen LogP contribution < -0.4 is 10.5 Å². The van der Waals surface area contributed by atoms with Gasteiger partial charge in [0.1, 0.15) is 10.8 Å². The first kappa shape index (κ1) is 9.92. The third-order valence-corrected chi connectivity index (χ3v) is 2.63. The maximum absolute atomic E-state index is 5.67. The first-order chi connectivity index (χ1) is 7.15. The topological polar surface area (TPSA) is 61.0 Å². The normalized spacial score (nSPS) is 10.3. The van der Waals surface area contributed by atoms with Crippen molar-refractivity contribution in [3.8, 4) is 10.9 Å². The zero-order valence-corrected chi connectivity index (χ0v) is 9.34. The zero-order chi connectivity index (χ0) is 10.8. The van der Waals surface area contributed by atoms with Crippen LogP contribution >= 0.6 is 11.3 Å². The summed E-state index contributed by atoms with van der Waals surface area (Å²) in [6, 6.07) is 5.54. The van der Waals surface area contributed by atoms with Gasteiger partial charge in [-0.3, -0.25) is 0 Å². The van der Waals surface area contributed by atoms with Crippen LogP contribution in [0.4, 0.5) is 5.69 Å². The Bertz CT molecular complexity index is 481. The molecule has 0 atom stereocenters. The molecule has 2 N–H and O–H groups in total. The van der Waals surface area contributed by atoms with Crippen LogP contribution in [0.25, 0.3) is 0 Å². The summed E-state index contributed by atoms with van der Waals surface area (Å²) in [5.41, 5.74) is 7.38. The summed E-state index contributed by atoms with van der Waals surface area (Å²) in [4.78, 5) is 0. The Kier molecular flexibility index (Phi) is 2.55. The number of nitrogen functional groups attached to an aromatic ring is 1. The van der Waals surface area contributed by atoms with Crippen molar-refractivity contribution in [1.82, 2.24) is 10.2 Å². The molecule has 0 aliphatic heterocycles. The number of rotatable bonds is 2. The van der Waals surface area contributed by atoms with Gasteiger partial charge in [-0.05, 0) is 25.5 Å². The van der Waals surface area contributed by atoms with Gasteiger partial charge in [-0.15, -0.1) is 5.10 Å². The van der Waals surface area contributed by atoms with Crippen LogP contribution in [0.2, 0.25) is 0 Å². The Hall–Kier alpha value is -1.62. The van der Waals surface area contributed by atoms with Crippen molar-refractivity contribution >= 4 is 17.0 Å². The molecule has 1 aromatic carbocycles. The molecule has 0 spiro atoms. The van der Waals surface area contributed by atoms with E-state index in [0.29, 0.717) is 10.9 Å². The molecular weight excluding hydrogens is 210 g/mol. The molecule has 0 amide bonds. The van der Waals surface area contributed by atoms with Crippen LogP contribution in [0.1, 0.15) is 10.6 Å². The third-order valence-electron chi connectivity index (χ3n) is 1.92. The lowest BCUT2D eigenvalue weighted by Crippen LogP contribution is -1.90. The number of aryl methyl sites for hydroxylation is 2. The van der Waals surface area contributed by atoms with Crippen LogP contribution in [-0.2, 0) is 0 Å². The highest BCUT2D eigenvalue weighted by Crippen LogP contribution is 2.28. The van der Waals surface area contributed by atoms with Crippen LogP contribution in [-0.4, -0.2) is 10.2 Å². The Morgan fingerprint density at radius 1 is 1.27 bits per heavy atom. The van der Waals surface area contributed by atoms with Crippen molar-refractivity contribution in [1.29, 1.82) is 0 Å². The number of hydrogen-bond donors (Lipinski definition) is 1. The van der Waals surface area contributed by atoms with Gasteiger partial charge in [0.15, 0.2) is 0 Å². The summed E-state index contributed by atoms with van der Waals surface area (Å²) in [6.07, 6.45) is 0. The highest BCUT2D eigenvalue weighted by atomic mass is 32.1. The fraction of sp³-hybridized carbons (Fsp3) is 0.200. The standard InChI is InChI=1S/C10H11N3OS/c1-6-3-4-8(11)5-9(6)14-10-13-12-7(2)15-10/h3-5H,11H2,1-2H3. The minimum atomic E-state index is 0.543. The number of nitrogens with two attached hydrogens (primary N) is 1. The molecule has 0 radical (unpaired) electrons. The lowest BCUT2D eigenvalue weighted by atomic mass is 10.2. The molecule has 1 heterocycles. The van der Waals surface area contributed by atoms with Crippen molar-refractivity contribution in [2.45, 2.75) is 13.8 Å². The Labute approximate surface area is 91.7 Å². The molecule has 0 saturated carbocycles. The SMILES string of the molecule is Cc1nnc(Oc2cc(N)ccc2C)s1. The summed E-state index contributed by atoms with van der Waals surface area (Å²) in [7, 11) is 0. The third kappa shape index (κ3) is 2.24. The summed E-state index contributed by atoms with van der Waals surface area (Å²) >= 11 is 1.41. The number of hydrogen-bond acceptors (Lipinski definition) is 5. The molecule has 4 nitrogen and oxygen atoms in total. The summed E-state index contributed by atoms with van der Waals surface area (Å²) in [5, 5.41) is 9.19. The van der Waals surface area contributed by atoms with Gasteiger partial charge in [-0.2, -0.15) is 0 Å². The lowest BCUT2D eigenvalue weighted by Gasteiger charge is -2.05.